The minimum atomic E-state index is -0.191. The van der Waals surface area contributed by atoms with Crippen LogP contribution in [0.4, 0.5) is 11.9 Å². The van der Waals surface area contributed by atoms with E-state index in [0.717, 1.165) is 22.2 Å². The summed E-state index contributed by atoms with van der Waals surface area (Å²) in [4.78, 5) is 28.3. The Balaban J connectivity index is 1.79. The van der Waals surface area contributed by atoms with Crippen LogP contribution in [-0.4, -0.2) is 19.9 Å². The summed E-state index contributed by atoms with van der Waals surface area (Å²) in [6.45, 7) is 3.87. The molecule has 4 rings (SSSR count). The largest absolute Gasteiger partial charge is 0.294 e. The average molecular weight is 317 g/mol. The molecule has 0 saturated carbocycles. The molecule has 2 N–H and O–H groups in total. The van der Waals surface area contributed by atoms with Gasteiger partial charge < -0.3 is 0 Å². The van der Waals surface area contributed by atoms with Gasteiger partial charge >= 0.3 is 0 Å². The second kappa shape index (κ2) is 5.42. The van der Waals surface area contributed by atoms with Gasteiger partial charge in [-0.15, -0.1) is 0 Å². The van der Waals surface area contributed by atoms with Crippen molar-refractivity contribution in [3.05, 3.63) is 64.1 Å². The van der Waals surface area contributed by atoms with Crippen molar-refractivity contribution in [3.8, 4) is 0 Å². The SMILES string of the molecule is Cc1ccc2nc(Nc3nc(C)c4ccccc4n3)[nH]c(=O)c2c1. The van der Waals surface area contributed by atoms with Crippen LogP contribution >= 0.6 is 0 Å². The third-order valence-electron chi connectivity index (χ3n) is 3.88. The standard InChI is InChI=1S/C18H15N5O/c1-10-7-8-15-13(9-10)16(24)22-18(21-15)23-17-19-11(2)12-5-3-4-6-14(12)20-17/h3-9H,1-2H3,(H2,19,20,21,22,23,24). The number of rotatable bonds is 2. The minimum Gasteiger partial charge on any atom is -0.294 e. The highest BCUT2D eigenvalue weighted by Crippen LogP contribution is 2.18. The summed E-state index contributed by atoms with van der Waals surface area (Å²) < 4.78 is 0. The number of nitrogens with one attached hydrogen (secondary N) is 2. The Kier molecular flexibility index (Phi) is 3.23. The maximum absolute atomic E-state index is 12.2. The highest BCUT2D eigenvalue weighted by Gasteiger charge is 2.08. The molecule has 2 heterocycles. The van der Waals surface area contributed by atoms with Crippen LogP contribution in [-0.2, 0) is 0 Å². The van der Waals surface area contributed by atoms with Crippen molar-refractivity contribution in [2.45, 2.75) is 13.8 Å². The minimum absolute atomic E-state index is 0.191. The average Bonchev–Trinajstić information content (AvgIpc) is 2.56. The second-order valence-corrected chi connectivity index (χ2v) is 5.71. The van der Waals surface area contributed by atoms with Gasteiger partial charge in [0.25, 0.3) is 5.56 Å². The third-order valence-corrected chi connectivity index (χ3v) is 3.88. The predicted molar refractivity (Wildman–Crippen MR) is 94.7 cm³/mol. The summed E-state index contributed by atoms with van der Waals surface area (Å²) in [5.41, 5.74) is 3.16. The molecular formula is C18H15N5O. The van der Waals surface area contributed by atoms with E-state index in [-0.39, 0.29) is 5.56 Å². The van der Waals surface area contributed by atoms with Gasteiger partial charge in [-0.25, -0.2) is 15.0 Å². The number of hydrogen-bond acceptors (Lipinski definition) is 5. The van der Waals surface area contributed by atoms with Gasteiger partial charge in [-0.2, -0.15) is 0 Å². The molecule has 2 aromatic carbocycles. The van der Waals surface area contributed by atoms with Gasteiger partial charge in [-0.3, -0.25) is 15.1 Å². The Bertz CT molecular complexity index is 1130. The number of aromatic nitrogens is 4. The molecule has 0 unspecified atom stereocenters. The molecule has 0 bridgehead atoms. The van der Waals surface area contributed by atoms with Crippen molar-refractivity contribution < 1.29 is 0 Å². The van der Waals surface area contributed by atoms with Crippen molar-refractivity contribution in [2.75, 3.05) is 5.32 Å². The van der Waals surface area contributed by atoms with E-state index < -0.39 is 0 Å². The summed E-state index contributed by atoms with van der Waals surface area (Å²) in [6, 6.07) is 13.4. The maximum atomic E-state index is 12.2. The van der Waals surface area contributed by atoms with E-state index in [1.54, 1.807) is 0 Å². The topological polar surface area (TPSA) is 83.6 Å². The zero-order valence-electron chi connectivity index (χ0n) is 13.3. The van der Waals surface area contributed by atoms with Gasteiger partial charge in [0.15, 0.2) is 0 Å². The van der Waals surface area contributed by atoms with Crippen LogP contribution < -0.4 is 10.9 Å². The molecule has 118 valence electrons. The highest BCUT2D eigenvalue weighted by molar-refractivity contribution is 5.82. The fourth-order valence-corrected chi connectivity index (χ4v) is 2.71. The van der Waals surface area contributed by atoms with Crippen LogP contribution in [0.3, 0.4) is 0 Å². The zero-order valence-corrected chi connectivity index (χ0v) is 13.3. The van der Waals surface area contributed by atoms with E-state index in [0.29, 0.717) is 22.8 Å². The van der Waals surface area contributed by atoms with Crippen molar-refractivity contribution in [1.29, 1.82) is 0 Å². The molecule has 24 heavy (non-hydrogen) atoms. The first-order valence-electron chi connectivity index (χ1n) is 7.61. The summed E-state index contributed by atoms with van der Waals surface area (Å²) in [5, 5.41) is 4.56. The lowest BCUT2D eigenvalue weighted by Crippen LogP contribution is -2.12. The van der Waals surface area contributed by atoms with E-state index in [4.69, 9.17) is 0 Å². The van der Waals surface area contributed by atoms with Crippen LogP contribution in [0, 0.1) is 13.8 Å². The lowest BCUT2D eigenvalue weighted by atomic mass is 10.2. The predicted octanol–water partition coefficient (Wildman–Crippen LogP) is 3.23. The molecule has 0 spiro atoms. The van der Waals surface area contributed by atoms with Crippen LogP contribution in [0.15, 0.2) is 47.3 Å². The van der Waals surface area contributed by atoms with Crippen LogP contribution in [0.5, 0.6) is 0 Å². The van der Waals surface area contributed by atoms with Gasteiger partial charge in [0.1, 0.15) is 0 Å². The third kappa shape index (κ3) is 2.48. The Morgan fingerprint density at radius 2 is 1.71 bits per heavy atom. The Morgan fingerprint density at radius 1 is 0.917 bits per heavy atom. The Labute approximate surface area is 137 Å². The smallest absolute Gasteiger partial charge is 0.260 e. The first-order valence-corrected chi connectivity index (χ1v) is 7.61. The number of nitrogens with zero attached hydrogens (tertiary/aromatic N) is 3. The van der Waals surface area contributed by atoms with E-state index in [9.17, 15) is 4.79 Å². The van der Waals surface area contributed by atoms with Crippen LogP contribution in [0.25, 0.3) is 21.8 Å². The lowest BCUT2D eigenvalue weighted by molar-refractivity contribution is 1.10. The summed E-state index contributed by atoms with van der Waals surface area (Å²) in [6.07, 6.45) is 0. The molecule has 0 aliphatic rings. The van der Waals surface area contributed by atoms with Crippen molar-refractivity contribution >= 4 is 33.7 Å². The number of benzene rings is 2. The maximum Gasteiger partial charge on any atom is 0.260 e. The molecule has 2 aromatic heterocycles. The normalized spacial score (nSPS) is 11.1. The molecular weight excluding hydrogens is 302 g/mol. The molecule has 4 aromatic rings. The molecule has 0 aliphatic heterocycles. The fourth-order valence-electron chi connectivity index (χ4n) is 2.71. The monoisotopic (exact) mass is 317 g/mol. The van der Waals surface area contributed by atoms with Crippen molar-refractivity contribution in [1.82, 2.24) is 19.9 Å². The van der Waals surface area contributed by atoms with E-state index in [1.807, 2.05) is 56.3 Å². The van der Waals surface area contributed by atoms with Crippen LogP contribution in [0.2, 0.25) is 0 Å². The number of hydrogen-bond donors (Lipinski definition) is 2. The van der Waals surface area contributed by atoms with Crippen molar-refractivity contribution in [3.63, 3.8) is 0 Å². The van der Waals surface area contributed by atoms with E-state index >= 15 is 0 Å². The Morgan fingerprint density at radius 3 is 2.58 bits per heavy atom. The summed E-state index contributed by atoms with van der Waals surface area (Å²) in [7, 11) is 0. The number of fused-ring (bicyclic) bond motifs is 2. The number of anilines is 2. The van der Waals surface area contributed by atoms with Gasteiger partial charge in [-0.1, -0.05) is 29.8 Å². The number of para-hydroxylation sites is 1. The summed E-state index contributed by atoms with van der Waals surface area (Å²) >= 11 is 0. The Hall–Kier alpha value is -3.28. The molecule has 0 radical (unpaired) electrons. The van der Waals surface area contributed by atoms with E-state index in [2.05, 4.69) is 25.3 Å². The van der Waals surface area contributed by atoms with Gasteiger partial charge in [0.2, 0.25) is 11.9 Å². The van der Waals surface area contributed by atoms with Gasteiger partial charge in [-0.05, 0) is 32.0 Å². The lowest BCUT2D eigenvalue weighted by Gasteiger charge is -2.08. The first kappa shape index (κ1) is 14.3. The molecule has 6 heteroatoms. The quantitative estimate of drug-likeness (QED) is 0.593. The van der Waals surface area contributed by atoms with Crippen LogP contribution in [0.1, 0.15) is 11.3 Å². The first-order chi connectivity index (χ1) is 11.6. The fraction of sp³-hybridized carbons (Fsp3) is 0.111. The second-order valence-electron chi connectivity index (χ2n) is 5.71. The molecule has 0 aliphatic carbocycles. The molecule has 0 atom stereocenters. The molecule has 6 nitrogen and oxygen atoms in total. The molecule has 0 saturated heterocycles. The zero-order chi connectivity index (χ0) is 16.7. The number of aryl methyl sites for hydroxylation is 2. The van der Waals surface area contributed by atoms with Gasteiger partial charge in [0, 0.05) is 5.39 Å². The number of aromatic amines is 1. The molecule has 0 amide bonds. The summed E-state index contributed by atoms with van der Waals surface area (Å²) in [5.74, 6) is 0.729. The molecule has 0 fully saturated rings. The van der Waals surface area contributed by atoms with E-state index in [1.165, 1.54) is 0 Å². The van der Waals surface area contributed by atoms with Gasteiger partial charge in [0.05, 0.1) is 22.1 Å². The highest BCUT2D eigenvalue weighted by atomic mass is 16.1. The van der Waals surface area contributed by atoms with Crippen molar-refractivity contribution in [2.24, 2.45) is 0 Å². The number of H-pyrrole nitrogens is 1.